The summed E-state index contributed by atoms with van der Waals surface area (Å²) in [6.07, 6.45) is -0.628. The minimum atomic E-state index is -2.75. The van der Waals surface area contributed by atoms with Gasteiger partial charge in [-0.15, -0.1) is 0 Å². The van der Waals surface area contributed by atoms with Crippen molar-refractivity contribution >= 4 is 40.0 Å². The van der Waals surface area contributed by atoms with E-state index < -0.39 is 53.8 Å². The van der Waals surface area contributed by atoms with Gasteiger partial charge in [-0.25, -0.2) is 42.3 Å². The van der Waals surface area contributed by atoms with E-state index in [1.807, 2.05) is 0 Å². The van der Waals surface area contributed by atoms with Crippen LogP contribution in [0.25, 0.3) is 22.2 Å². The summed E-state index contributed by atoms with van der Waals surface area (Å²) in [6, 6.07) is 11.4. The number of anilines is 3. The molecule has 4 atom stereocenters. The number of hydrogen-bond donors (Lipinski definition) is 4. The Hall–Kier alpha value is -6.99. The number of benzene rings is 3. The van der Waals surface area contributed by atoms with Gasteiger partial charge in [0.1, 0.15) is 60.7 Å². The Morgan fingerprint density at radius 3 is 2.56 bits per heavy atom. The number of rotatable bonds is 7. The number of H-pyrrole nitrogens is 1. The first-order valence-corrected chi connectivity index (χ1v) is 17.6. The smallest absolute Gasteiger partial charge is 0.416 e. The molecule has 16 nitrogen and oxygen atoms in total. The molecule has 6 aromatic rings. The molecule has 294 valence electrons. The van der Waals surface area contributed by atoms with Crippen LogP contribution in [0, 0.1) is 11.6 Å². The number of nitrogens with two attached hydrogens (primary N) is 1. The molecular weight excluding hydrogens is 754 g/mol. The zero-order valence-electron chi connectivity index (χ0n) is 30.1. The monoisotopic (exact) mass is 787 g/mol. The maximum absolute atomic E-state index is 14.1. The minimum absolute atomic E-state index is 0.102. The zero-order chi connectivity index (χ0) is 40.1. The highest BCUT2D eigenvalue weighted by Crippen LogP contribution is 2.46. The standard InChI is InChI=1S/C19H14F2N6O.C18H19F2N5O4/c1-27-18(22-8-23-27)15-16(9-2-4-10(20)5-3-9)24-13-7-11(21)6-12-14(13)17(15)25-26-19(12)28;1-9(16(21)26)22-10-2-3-11-13(6-10)28-5-4-24-7-14(23-17(11)24)25-12(15(19)20)8-29-18(25)27/h2-8,15-16,24H,1H3,(H,26,28);2-3,6-7,9,12,15,22H,4-5,8H2,1H3,(H2,21,26)/t15-,16-;/m1./s1. The van der Waals surface area contributed by atoms with Crippen LogP contribution < -0.4 is 31.6 Å². The SMILES string of the molecule is CC(Nc1ccc2c(c1)OCCn1cc(N3C(=O)OCC3C(F)F)nc1-2)C(N)=O.Cn1ncnc1[C@H]1c2n[nH]c(=O)c3cc(F)cc(c23)N[C@@H]1c1ccc(F)cc1. The number of carbonyl (C=O) groups is 2. The topological polar surface area (TPSA) is 200 Å². The van der Waals surface area contributed by atoms with Crippen LogP contribution in [0.1, 0.15) is 36.0 Å². The van der Waals surface area contributed by atoms with Crippen LogP contribution in [-0.4, -0.2) is 78.2 Å². The van der Waals surface area contributed by atoms with Crippen LogP contribution in [0.3, 0.4) is 0 Å². The fourth-order valence-electron chi connectivity index (χ4n) is 7.12. The molecule has 0 saturated carbocycles. The second kappa shape index (κ2) is 14.6. The molecule has 3 aliphatic rings. The zero-order valence-corrected chi connectivity index (χ0v) is 30.1. The first-order chi connectivity index (χ1) is 27.4. The van der Waals surface area contributed by atoms with Crippen LogP contribution in [0.5, 0.6) is 5.75 Å². The summed E-state index contributed by atoms with van der Waals surface area (Å²) < 4.78 is 68.1. The van der Waals surface area contributed by atoms with Crippen molar-refractivity contribution in [3.8, 4) is 17.1 Å². The van der Waals surface area contributed by atoms with Crippen molar-refractivity contribution in [1.82, 2.24) is 34.5 Å². The Balaban J connectivity index is 0.000000160. The number of fused-ring (bicyclic) bond motifs is 3. The highest BCUT2D eigenvalue weighted by molar-refractivity contribution is 5.97. The largest absolute Gasteiger partial charge is 0.491 e. The van der Waals surface area contributed by atoms with Crippen molar-refractivity contribution in [2.24, 2.45) is 12.8 Å². The van der Waals surface area contributed by atoms with Crippen molar-refractivity contribution in [3.05, 3.63) is 106 Å². The lowest BCUT2D eigenvalue weighted by Crippen LogP contribution is -2.38. The molecule has 3 aromatic heterocycles. The predicted molar refractivity (Wildman–Crippen MR) is 197 cm³/mol. The molecule has 6 heterocycles. The van der Waals surface area contributed by atoms with E-state index in [4.69, 9.17) is 15.2 Å². The normalized spacial score (nSPS) is 18.7. The minimum Gasteiger partial charge on any atom is -0.491 e. The highest BCUT2D eigenvalue weighted by atomic mass is 19.3. The maximum Gasteiger partial charge on any atom is 0.416 e. The summed E-state index contributed by atoms with van der Waals surface area (Å²) in [5.74, 6) is -0.115. The quantitative estimate of drug-likeness (QED) is 0.167. The second-order valence-corrected chi connectivity index (χ2v) is 13.5. The number of nitrogens with zero attached hydrogens (tertiary/aromatic N) is 7. The number of alkyl halides is 2. The third-order valence-corrected chi connectivity index (χ3v) is 9.90. The number of amides is 2. The molecule has 3 aliphatic heterocycles. The number of aromatic amines is 1. The summed E-state index contributed by atoms with van der Waals surface area (Å²) >= 11 is 0. The van der Waals surface area contributed by atoms with Crippen molar-refractivity contribution in [1.29, 1.82) is 0 Å². The van der Waals surface area contributed by atoms with Crippen LogP contribution in [0.4, 0.5) is 39.5 Å². The van der Waals surface area contributed by atoms with E-state index in [0.29, 0.717) is 58.6 Å². The average Bonchev–Trinajstić information content (AvgIpc) is 3.88. The third-order valence-electron chi connectivity index (χ3n) is 9.90. The van der Waals surface area contributed by atoms with Crippen molar-refractivity contribution < 1.29 is 36.6 Å². The number of ether oxygens (including phenoxy) is 2. The van der Waals surface area contributed by atoms with E-state index in [9.17, 15) is 31.9 Å². The Bertz CT molecular complexity index is 2580. The van der Waals surface area contributed by atoms with Crippen LogP contribution in [0.15, 0.2) is 71.9 Å². The molecule has 2 amide bonds. The van der Waals surface area contributed by atoms with E-state index in [1.165, 1.54) is 36.8 Å². The summed E-state index contributed by atoms with van der Waals surface area (Å²) in [5, 5.41) is 17.9. The Morgan fingerprint density at radius 2 is 1.84 bits per heavy atom. The van der Waals surface area contributed by atoms with Gasteiger partial charge in [-0.1, -0.05) is 12.1 Å². The van der Waals surface area contributed by atoms with E-state index in [0.717, 1.165) is 10.5 Å². The number of hydrogen-bond acceptors (Lipinski definition) is 11. The number of aromatic nitrogens is 7. The molecule has 5 N–H and O–H groups in total. The van der Waals surface area contributed by atoms with Crippen molar-refractivity contribution in [2.45, 2.75) is 43.9 Å². The van der Waals surface area contributed by atoms with Gasteiger partial charge in [-0.3, -0.25) is 14.3 Å². The molecule has 2 unspecified atom stereocenters. The molecule has 3 aromatic carbocycles. The van der Waals surface area contributed by atoms with E-state index >= 15 is 0 Å². The van der Waals surface area contributed by atoms with Crippen LogP contribution >= 0.6 is 0 Å². The molecule has 0 radical (unpaired) electrons. The lowest BCUT2D eigenvalue weighted by atomic mass is 9.83. The molecule has 1 fully saturated rings. The Labute approximate surface area is 319 Å². The molecule has 1 saturated heterocycles. The van der Waals surface area contributed by atoms with Crippen LogP contribution in [0.2, 0.25) is 0 Å². The Morgan fingerprint density at radius 1 is 1.05 bits per heavy atom. The fraction of sp³-hybridized carbons (Fsp3) is 0.270. The van der Waals surface area contributed by atoms with Crippen LogP contribution in [-0.2, 0) is 23.1 Å². The number of nitrogens with one attached hydrogen (secondary N) is 3. The maximum atomic E-state index is 14.1. The third kappa shape index (κ3) is 6.82. The highest BCUT2D eigenvalue weighted by Gasteiger charge is 2.42. The molecule has 9 rings (SSSR count). The molecule has 0 bridgehead atoms. The van der Waals surface area contributed by atoms with Crippen molar-refractivity contribution in [2.75, 3.05) is 28.7 Å². The van der Waals surface area contributed by atoms with E-state index in [-0.39, 0.29) is 23.6 Å². The summed E-state index contributed by atoms with van der Waals surface area (Å²) in [5.41, 5.74) is 7.84. The number of cyclic esters (lactones) is 1. The summed E-state index contributed by atoms with van der Waals surface area (Å²) in [4.78, 5) is 45.1. The van der Waals surface area contributed by atoms with Gasteiger partial charge in [-0.05, 0) is 48.9 Å². The molecule has 20 heteroatoms. The van der Waals surface area contributed by atoms with Gasteiger partial charge in [0.25, 0.3) is 12.0 Å². The van der Waals surface area contributed by atoms with Gasteiger partial charge in [0.2, 0.25) is 5.91 Å². The van der Waals surface area contributed by atoms with Gasteiger partial charge in [-0.2, -0.15) is 10.2 Å². The fourth-order valence-corrected chi connectivity index (χ4v) is 7.12. The summed E-state index contributed by atoms with van der Waals surface area (Å²) in [7, 11) is 1.76. The molecule has 57 heavy (non-hydrogen) atoms. The van der Waals surface area contributed by atoms with Gasteiger partial charge in [0.15, 0.2) is 5.82 Å². The molecule has 0 spiro atoms. The predicted octanol–water partition coefficient (Wildman–Crippen LogP) is 4.45. The summed E-state index contributed by atoms with van der Waals surface area (Å²) in [6.45, 7) is 1.99. The van der Waals surface area contributed by atoms with Gasteiger partial charge >= 0.3 is 6.09 Å². The number of aryl methyl sites for hydroxylation is 1. The first-order valence-electron chi connectivity index (χ1n) is 17.6. The second-order valence-electron chi connectivity index (χ2n) is 13.5. The lowest BCUT2D eigenvalue weighted by molar-refractivity contribution is -0.118. The van der Waals surface area contributed by atoms with Gasteiger partial charge in [0, 0.05) is 36.1 Å². The number of primary amides is 1. The number of imidazole rings is 1. The molecule has 0 aliphatic carbocycles. The van der Waals surface area contributed by atoms with Crippen molar-refractivity contribution in [3.63, 3.8) is 0 Å². The number of halogens is 4. The average molecular weight is 788 g/mol. The molecular formula is C37H33F4N11O5. The Kier molecular flexibility index (Phi) is 9.46. The van der Waals surface area contributed by atoms with E-state index in [1.54, 1.807) is 53.6 Å². The van der Waals surface area contributed by atoms with E-state index in [2.05, 4.69) is 35.9 Å². The first kappa shape index (κ1) is 37.0. The lowest BCUT2D eigenvalue weighted by Gasteiger charge is -2.33. The van der Waals surface area contributed by atoms with Gasteiger partial charge in [0.05, 0.1) is 35.1 Å². The number of carbonyl (C=O) groups excluding carboxylic acids is 2. The van der Waals surface area contributed by atoms with Gasteiger partial charge < -0.3 is 30.4 Å².